The molecule has 0 aromatic heterocycles. The van der Waals surface area contributed by atoms with Crippen molar-refractivity contribution < 1.29 is 28.9 Å². The van der Waals surface area contributed by atoms with Gasteiger partial charge in [-0.25, -0.2) is 4.79 Å². The maximum Gasteiger partial charge on any atom is 0.323 e. The van der Waals surface area contributed by atoms with Gasteiger partial charge in [0.25, 0.3) is 5.91 Å². The number of carbonyl (C=O) groups is 2. The second-order valence-corrected chi connectivity index (χ2v) is 11.8. The van der Waals surface area contributed by atoms with Crippen molar-refractivity contribution in [3.8, 4) is 17.2 Å². The molecule has 10 heteroatoms. The Bertz CT molecular complexity index is 1710. The van der Waals surface area contributed by atoms with Crippen molar-refractivity contribution in [2.75, 3.05) is 44.2 Å². The number of anilines is 2. The number of rotatable bonds is 8. The minimum absolute atomic E-state index is 0.0282. The van der Waals surface area contributed by atoms with Gasteiger partial charge >= 0.3 is 6.03 Å². The SMILES string of the molecule is C[C@H]1CN([C@@H](C)CO)C(=O)c2cc(NC(=O)Nc3cccc4ccccc34)ccc2O[C@H]1CN(C)Cc1ccc2c(c1)OCO2. The van der Waals surface area contributed by atoms with Crippen LogP contribution < -0.4 is 24.8 Å². The van der Waals surface area contributed by atoms with Crippen molar-refractivity contribution in [1.82, 2.24) is 9.80 Å². The van der Waals surface area contributed by atoms with Crippen LogP contribution in [-0.2, 0) is 6.54 Å². The number of nitrogens with one attached hydrogen (secondary N) is 2. The molecule has 4 aromatic carbocycles. The Balaban J connectivity index is 1.21. The van der Waals surface area contributed by atoms with Gasteiger partial charge in [-0.15, -0.1) is 0 Å². The van der Waals surface area contributed by atoms with Gasteiger partial charge in [0.15, 0.2) is 11.5 Å². The molecule has 6 rings (SSSR count). The van der Waals surface area contributed by atoms with Gasteiger partial charge in [0.05, 0.1) is 23.9 Å². The molecule has 3 atom stereocenters. The predicted molar refractivity (Wildman–Crippen MR) is 173 cm³/mol. The first-order valence-electron chi connectivity index (χ1n) is 15.1. The Morgan fingerprint density at radius 1 is 1.00 bits per heavy atom. The van der Waals surface area contributed by atoms with Gasteiger partial charge in [-0.3, -0.25) is 9.69 Å². The van der Waals surface area contributed by atoms with Crippen molar-refractivity contribution in [3.63, 3.8) is 0 Å². The minimum atomic E-state index is -0.428. The molecule has 0 unspecified atom stereocenters. The normalized spacial score (nSPS) is 18.2. The fourth-order valence-electron chi connectivity index (χ4n) is 5.86. The zero-order valence-corrected chi connectivity index (χ0v) is 25.7. The van der Waals surface area contributed by atoms with E-state index in [2.05, 4.69) is 22.5 Å². The largest absolute Gasteiger partial charge is 0.488 e. The number of ether oxygens (including phenoxy) is 3. The van der Waals surface area contributed by atoms with E-state index >= 15 is 0 Å². The third-order valence-electron chi connectivity index (χ3n) is 8.34. The average molecular weight is 611 g/mol. The molecule has 0 radical (unpaired) electrons. The van der Waals surface area contributed by atoms with Crippen molar-refractivity contribution in [1.29, 1.82) is 0 Å². The molecule has 2 aliphatic rings. The number of fused-ring (bicyclic) bond motifs is 3. The molecule has 0 bridgehead atoms. The molecule has 10 nitrogen and oxygen atoms in total. The lowest BCUT2D eigenvalue weighted by Crippen LogP contribution is -2.49. The van der Waals surface area contributed by atoms with Crippen LogP contribution in [0.25, 0.3) is 10.8 Å². The van der Waals surface area contributed by atoms with Gasteiger partial charge in [-0.1, -0.05) is 49.4 Å². The van der Waals surface area contributed by atoms with Crippen LogP contribution in [0.15, 0.2) is 78.9 Å². The van der Waals surface area contributed by atoms with Gasteiger partial charge in [0.1, 0.15) is 11.9 Å². The number of nitrogens with zero attached hydrogens (tertiary/aromatic N) is 2. The summed E-state index contributed by atoms with van der Waals surface area (Å²) in [5, 5.41) is 17.7. The fourth-order valence-corrected chi connectivity index (χ4v) is 5.86. The van der Waals surface area contributed by atoms with Crippen LogP contribution in [0, 0.1) is 5.92 Å². The zero-order chi connectivity index (χ0) is 31.5. The summed E-state index contributed by atoms with van der Waals surface area (Å²) in [6.07, 6.45) is -0.252. The monoisotopic (exact) mass is 610 g/mol. The molecule has 3 amide bonds. The molecule has 0 fully saturated rings. The Morgan fingerprint density at radius 2 is 1.78 bits per heavy atom. The third-order valence-corrected chi connectivity index (χ3v) is 8.34. The molecule has 0 spiro atoms. The molecular formula is C35H38N4O6. The summed E-state index contributed by atoms with van der Waals surface area (Å²) in [6.45, 7) is 5.61. The summed E-state index contributed by atoms with van der Waals surface area (Å²) < 4.78 is 17.5. The number of likely N-dealkylation sites (N-methyl/N-ethyl adjacent to an activating group) is 1. The quantitative estimate of drug-likeness (QED) is 0.239. The second-order valence-electron chi connectivity index (χ2n) is 11.8. The highest BCUT2D eigenvalue weighted by Gasteiger charge is 2.33. The lowest BCUT2D eigenvalue weighted by atomic mass is 9.99. The first-order valence-corrected chi connectivity index (χ1v) is 15.1. The van der Waals surface area contributed by atoms with Crippen LogP contribution in [0.3, 0.4) is 0 Å². The Labute approximate surface area is 262 Å². The van der Waals surface area contributed by atoms with Crippen molar-refractivity contribution in [3.05, 3.63) is 90.0 Å². The summed E-state index contributed by atoms with van der Waals surface area (Å²) in [5.41, 5.74) is 2.54. The van der Waals surface area contributed by atoms with E-state index in [1.165, 1.54) is 0 Å². The molecule has 45 heavy (non-hydrogen) atoms. The highest BCUT2D eigenvalue weighted by atomic mass is 16.7. The molecule has 0 aliphatic carbocycles. The van der Waals surface area contributed by atoms with Crippen LogP contribution in [0.5, 0.6) is 17.2 Å². The summed E-state index contributed by atoms with van der Waals surface area (Å²) in [7, 11) is 2.03. The number of urea groups is 1. The third kappa shape index (κ3) is 6.67. The molecule has 234 valence electrons. The molecule has 0 saturated heterocycles. The van der Waals surface area contributed by atoms with E-state index < -0.39 is 12.1 Å². The Kier molecular flexibility index (Phi) is 8.77. The van der Waals surface area contributed by atoms with Crippen LogP contribution in [0.4, 0.5) is 16.2 Å². The van der Waals surface area contributed by atoms with E-state index in [0.717, 1.165) is 27.8 Å². The van der Waals surface area contributed by atoms with E-state index in [1.54, 1.807) is 23.1 Å². The van der Waals surface area contributed by atoms with Gasteiger partial charge in [0, 0.05) is 36.6 Å². The number of benzene rings is 4. The maximum atomic E-state index is 13.8. The molecule has 2 aliphatic heterocycles. The summed E-state index contributed by atoms with van der Waals surface area (Å²) >= 11 is 0. The summed E-state index contributed by atoms with van der Waals surface area (Å²) in [5.74, 6) is 1.64. The van der Waals surface area contributed by atoms with E-state index in [1.807, 2.05) is 74.6 Å². The standard InChI is InChI=1S/C35H38N4O6/c1-22-17-39(23(2)20-40)34(41)28-16-26(36-35(42)37-29-10-6-8-25-7-4-5-9-27(25)29)12-14-30(28)45-33(22)19-38(3)18-24-11-13-31-32(15-24)44-21-43-31/h4-16,22-23,33,40H,17-21H2,1-3H3,(H2,36,37,42)/t22-,23-,33-/m0/s1. The number of aliphatic hydroxyl groups excluding tert-OH is 1. The topological polar surface area (TPSA) is 113 Å². The van der Waals surface area contributed by atoms with Gasteiger partial charge < -0.3 is 34.9 Å². The predicted octanol–water partition coefficient (Wildman–Crippen LogP) is 5.56. The lowest BCUT2D eigenvalue weighted by Gasteiger charge is -2.38. The summed E-state index contributed by atoms with van der Waals surface area (Å²) in [6, 6.07) is 23.7. The van der Waals surface area contributed by atoms with E-state index in [0.29, 0.717) is 42.3 Å². The fraction of sp³-hybridized carbons (Fsp3) is 0.314. The molecule has 3 N–H and O–H groups in total. The maximum absolute atomic E-state index is 13.8. The van der Waals surface area contributed by atoms with E-state index in [9.17, 15) is 14.7 Å². The van der Waals surface area contributed by atoms with Crippen LogP contribution in [0.2, 0.25) is 0 Å². The average Bonchev–Trinajstić information content (AvgIpc) is 3.51. The van der Waals surface area contributed by atoms with Crippen molar-refractivity contribution in [2.45, 2.75) is 32.5 Å². The molecular weight excluding hydrogens is 572 g/mol. The van der Waals surface area contributed by atoms with Crippen molar-refractivity contribution in [2.24, 2.45) is 5.92 Å². The van der Waals surface area contributed by atoms with Gasteiger partial charge in [-0.05, 0) is 61.3 Å². The van der Waals surface area contributed by atoms with Crippen LogP contribution in [-0.4, -0.2) is 72.5 Å². The first-order chi connectivity index (χ1) is 21.8. The van der Waals surface area contributed by atoms with E-state index in [-0.39, 0.29) is 31.3 Å². The molecule has 2 heterocycles. The summed E-state index contributed by atoms with van der Waals surface area (Å²) in [4.78, 5) is 30.8. The minimum Gasteiger partial charge on any atom is -0.488 e. The molecule has 0 saturated carbocycles. The molecule has 4 aromatic rings. The number of amides is 3. The number of aliphatic hydroxyl groups is 1. The number of carbonyl (C=O) groups excluding carboxylic acids is 2. The van der Waals surface area contributed by atoms with Crippen LogP contribution in [0.1, 0.15) is 29.8 Å². The van der Waals surface area contributed by atoms with Gasteiger partial charge in [0.2, 0.25) is 6.79 Å². The van der Waals surface area contributed by atoms with Crippen LogP contribution >= 0.6 is 0 Å². The number of hydrogen-bond acceptors (Lipinski definition) is 7. The zero-order valence-electron chi connectivity index (χ0n) is 25.7. The highest BCUT2D eigenvalue weighted by molar-refractivity contribution is 6.07. The van der Waals surface area contributed by atoms with Crippen molar-refractivity contribution >= 4 is 34.1 Å². The second kappa shape index (κ2) is 13.1. The van der Waals surface area contributed by atoms with Gasteiger partial charge in [-0.2, -0.15) is 0 Å². The Hall–Kier alpha value is -4.80. The number of hydrogen-bond donors (Lipinski definition) is 3. The van der Waals surface area contributed by atoms with E-state index in [4.69, 9.17) is 14.2 Å². The lowest BCUT2D eigenvalue weighted by molar-refractivity contribution is 0.0341. The Morgan fingerprint density at radius 3 is 2.62 bits per heavy atom. The smallest absolute Gasteiger partial charge is 0.323 e. The first kappa shape index (κ1) is 30.2. The highest BCUT2D eigenvalue weighted by Crippen LogP contribution is 2.34.